The maximum atomic E-state index is 13.5. The number of aromatic hydroxyl groups is 1. The monoisotopic (exact) mass is 274 g/mol. The first-order valence-electron chi connectivity index (χ1n) is 5.01. The van der Waals surface area contributed by atoms with Gasteiger partial charge in [-0.2, -0.15) is 0 Å². The molecule has 0 heterocycles. The Kier molecular flexibility index (Phi) is 5.05. The molecule has 0 aliphatic carbocycles. The van der Waals surface area contributed by atoms with E-state index < -0.39 is 23.4 Å². The molecule has 0 aromatic heterocycles. The van der Waals surface area contributed by atoms with Crippen LogP contribution in [0.5, 0.6) is 5.75 Å². The van der Waals surface area contributed by atoms with E-state index >= 15 is 0 Å². The molecule has 0 fully saturated rings. The number of carboxylic acid groups (broad SMARTS) is 1. The number of hydrogen-bond donors (Lipinski definition) is 2. The second-order valence-corrected chi connectivity index (χ2v) is 3.66. The van der Waals surface area contributed by atoms with Gasteiger partial charge in [0.2, 0.25) is 0 Å². The third kappa shape index (κ3) is 3.32. The molecule has 0 radical (unpaired) electrons. The molecule has 0 saturated carbocycles. The van der Waals surface area contributed by atoms with E-state index in [1.54, 1.807) is 0 Å². The second-order valence-electron chi connectivity index (χ2n) is 3.66. The third-order valence-corrected chi connectivity index (χ3v) is 2.47. The molecular weight excluding hydrogens is 265 g/mol. The van der Waals surface area contributed by atoms with E-state index in [1.807, 2.05) is 0 Å². The Bertz CT molecular complexity index is 629. The van der Waals surface area contributed by atoms with Crippen LogP contribution in [0.4, 0.5) is 8.78 Å². The van der Waals surface area contributed by atoms with Crippen LogP contribution >= 0.6 is 0 Å². The van der Waals surface area contributed by atoms with Crippen molar-refractivity contribution in [2.45, 2.75) is 0 Å². The van der Waals surface area contributed by atoms with Crippen LogP contribution in [0.3, 0.4) is 0 Å². The number of benzene rings is 2. The molecule has 0 aliphatic heterocycles. The van der Waals surface area contributed by atoms with Crippen molar-refractivity contribution in [2.24, 2.45) is 0 Å². The number of hydrogen-bond acceptors (Lipinski definition) is 2. The number of carboxylic acids is 1. The molecule has 2 aromatic rings. The fraction of sp³-hybridized carbons (Fsp3) is 0. The fourth-order valence-electron chi connectivity index (χ4n) is 1.60. The summed E-state index contributed by atoms with van der Waals surface area (Å²) in [5.74, 6) is -3.24. The molecule has 0 bridgehead atoms. The number of halogens is 2. The van der Waals surface area contributed by atoms with E-state index in [1.165, 1.54) is 12.1 Å². The SMILES string of the molecule is O=C(O)c1cc(-c2ccc(F)cc2F)ccc1O.[NaH]. The van der Waals surface area contributed by atoms with Crippen LogP contribution in [0.15, 0.2) is 36.4 Å². The van der Waals surface area contributed by atoms with Crippen LogP contribution in [0, 0.1) is 11.6 Å². The van der Waals surface area contributed by atoms with Crippen molar-refractivity contribution in [2.75, 3.05) is 0 Å². The summed E-state index contributed by atoms with van der Waals surface area (Å²) in [7, 11) is 0. The number of carbonyl (C=O) groups is 1. The van der Waals surface area contributed by atoms with Gasteiger partial charge in [0.05, 0.1) is 0 Å². The zero-order valence-corrected chi connectivity index (χ0v) is 9.02. The van der Waals surface area contributed by atoms with Crippen LogP contribution in [0.1, 0.15) is 10.4 Å². The molecule has 2 aromatic carbocycles. The number of phenols is 1. The number of rotatable bonds is 2. The van der Waals surface area contributed by atoms with Gasteiger partial charge < -0.3 is 10.2 Å². The van der Waals surface area contributed by atoms with Crippen molar-refractivity contribution in [3.63, 3.8) is 0 Å². The second kappa shape index (κ2) is 6.14. The standard InChI is InChI=1S/C13H8F2O3.Na.H/c14-8-2-3-9(11(15)6-8)7-1-4-12(16)10(5-7)13(17)18;;/h1-6,16H,(H,17,18);;. The van der Waals surface area contributed by atoms with Gasteiger partial charge in [-0.25, -0.2) is 13.6 Å². The molecule has 0 saturated heterocycles. The van der Waals surface area contributed by atoms with Crippen molar-refractivity contribution in [3.8, 4) is 16.9 Å². The average molecular weight is 274 g/mol. The van der Waals surface area contributed by atoms with E-state index in [0.29, 0.717) is 6.07 Å². The Hall–Kier alpha value is -1.43. The van der Waals surface area contributed by atoms with Crippen LogP contribution in [0.25, 0.3) is 11.1 Å². The summed E-state index contributed by atoms with van der Waals surface area (Å²) in [6, 6.07) is 6.64. The molecule has 94 valence electrons. The predicted octanol–water partition coefficient (Wildman–Crippen LogP) is 2.39. The van der Waals surface area contributed by atoms with Crippen molar-refractivity contribution < 1.29 is 23.8 Å². The summed E-state index contributed by atoms with van der Waals surface area (Å²) in [4.78, 5) is 10.8. The van der Waals surface area contributed by atoms with E-state index in [-0.39, 0.29) is 46.2 Å². The molecular formula is C13H9F2NaO3. The van der Waals surface area contributed by atoms with Crippen LogP contribution in [-0.2, 0) is 0 Å². The van der Waals surface area contributed by atoms with Gasteiger partial charge in [0.1, 0.15) is 22.9 Å². The third-order valence-electron chi connectivity index (χ3n) is 2.47. The van der Waals surface area contributed by atoms with Crippen molar-refractivity contribution in [1.82, 2.24) is 0 Å². The van der Waals surface area contributed by atoms with E-state index in [4.69, 9.17) is 5.11 Å². The Morgan fingerprint density at radius 1 is 1.05 bits per heavy atom. The van der Waals surface area contributed by atoms with Crippen molar-refractivity contribution in [1.29, 1.82) is 0 Å². The van der Waals surface area contributed by atoms with Crippen LogP contribution < -0.4 is 0 Å². The summed E-state index contributed by atoms with van der Waals surface area (Å²) in [5.41, 5.74) is -0.0159. The van der Waals surface area contributed by atoms with Gasteiger partial charge in [-0.3, -0.25) is 0 Å². The summed E-state index contributed by atoms with van der Waals surface area (Å²) < 4.78 is 26.3. The first kappa shape index (κ1) is 15.6. The van der Waals surface area contributed by atoms with Gasteiger partial charge in [-0.15, -0.1) is 0 Å². The molecule has 0 atom stereocenters. The van der Waals surface area contributed by atoms with E-state index in [2.05, 4.69) is 0 Å². The zero-order chi connectivity index (χ0) is 13.3. The Morgan fingerprint density at radius 3 is 2.32 bits per heavy atom. The fourth-order valence-corrected chi connectivity index (χ4v) is 1.60. The molecule has 2 rings (SSSR count). The number of aromatic carboxylic acids is 1. The quantitative estimate of drug-likeness (QED) is 0.827. The van der Waals surface area contributed by atoms with E-state index in [0.717, 1.165) is 18.2 Å². The van der Waals surface area contributed by atoms with Gasteiger partial charge in [-0.1, -0.05) is 6.07 Å². The Balaban J connectivity index is 0.00000180. The molecule has 19 heavy (non-hydrogen) atoms. The molecule has 0 amide bonds. The van der Waals surface area contributed by atoms with Crippen molar-refractivity contribution in [3.05, 3.63) is 53.6 Å². The first-order valence-corrected chi connectivity index (χ1v) is 5.01. The van der Waals surface area contributed by atoms with Gasteiger partial charge in [0.25, 0.3) is 0 Å². The minimum atomic E-state index is -1.32. The van der Waals surface area contributed by atoms with Gasteiger partial charge in [0, 0.05) is 11.6 Å². The summed E-state index contributed by atoms with van der Waals surface area (Å²) >= 11 is 0. The van der Waals surface area contributed by atoms with E-state index in [9.17, 15) is 18.7 Å². The van der Waals surface area contributed by atoms with Gasteiger partial charge in [-0.05, 0) is 29.8 Å². The predicted molar refractivity (Wildman–Crippen MR) is 67.6 cm³/mol. The van der Waals surface area contributed by atoms with Crippen LogP contribution in [0.2, 0.25) is 0 Å². The van der Waals surface area contributed by atoms with Gasteiger partial charge >= 0.3 is 35.5 Å². The normalized spacial score (nSPS) is 9.79. The zero-order valence-electron chi connectivity index (χ0n) is 9.02. The molecule has 6 heteroatoms. The summed E-state index contributed by atoms with van der Waals surface area (Å²) in [6.45, 7) is 0. The molecule has 3 nitrogen and oxygen atoms in total. The molecule has 2 N–H and O–H groups in total. The van der Waals surface area contributed by atoms with Crippen LogP contribution in [-0.4, -0.2) is 45.7 Å². The molecule has 0 aliphatic rings. The summed E-state index contributed by atoms with van der Waals surface area (Å²) in [6.07, 6.45) is 0. The first-order chi connectivity index (χ1) is 8.49. The molecule has 0 spiro atoms. The average Bonchev–Trinajstić information content (AvgIpc) is 2.30. The maximum absolute atomic E-state index is 13.5. The Labute approximate surface area is 129 Å². The van der Waals surface area contributed by atoms with Crippen molar-refractivity contribution >= 4 is 35.5 Å². The molecule has 0 unspecified atom stereocenters. The minimum absolute atomic E-state index is 0. The van der Waals surface area contributed by atoms with Gasteiger partial charge in [0.15, 0.2) is 0 Å². The summed E-state index contributed by atoms with van der Waals surface area (Å²) in [5, 5.41) is 18.2. The topological polar surface area (TPSA) is 57.5 Å². The Morgan fingerprint density at radius 2 is 1.74 bits per heavy atom.